The molecular weight excluding hydrogens is 416 g/mol. The van der Waals surface area contributed by atoms with E-state index in [0.717, 1.165) is 11.1 Å². The SMILES string of the molecule is CC(C)C(=O)NC(Cc1ccccc1)C(=O)Nc1nnc(-c2ccc3c(c2)OCO3)s1. The average Bonchev–Trinajstić information content (AvgIpc) is 3.42. The van der Waals surface area contributed by atoms with Crippen LogP contribution in [-0.4, -0.2) is 34.8 Å². The average molecular weight is 439 g/mol. The van der Waals surface area contributed by atoms with E-state index in [1.807, 2.05) is 48.5 Å². The molecule has 2 aromatic carbocycles. The molecule has 0 radical (unpaired) electrons. The van der Waals surface area contributed by atoms with E-state index >= 15 is 0 Å². The molecule has 0 aliphatic carbocycles. The molecule has 0 spiro atoms. The third-order valence-electron chi connectivity index (χ3n) is 4.71. The number of hydrogen-bond acceptors (Lipinski definition) is 7. The third-order valence-corrected chi connectivity index (χ3v) is 5.60. The van der Waals surface area contributed by atoms with Gasteiger partial charge >= 0.3 is 0 Å². The molecule has 2 heterocycles. The van der Waals surface area contributed by atoms with Gasteiger partial charge in [-0.3, -0.25) is 14.9 Å². The largest absolute Gasteiger partial charge is 0.454 e. The standard InChI is InChI=1S/C22H22N4O4S/c1-13(2)19(27)23-16(10-14-6-4-3-5-7-14)20(28)24-22-26-25-21(31-22)15-8-9-17-18(11-15)30-12-29-17/h3-9,11,13,16H,10,12H2,1-2H3,(H,23,27)(H,24,26,28). The van der Waals surface area contributed by atoms with Crippen LogP contribution < -0.4 is 20.1 Å². The molecule has 1 atom stereocenters. The maximum absolute atomic E-state index is 13.0. The zero-order chi connectivity index (χ0) is 21.8. The van der Waals surface area contributed by atoms with Crippen LogP contribution in [0.5, 0.6) is 11.5 Å². The number of hydrogen-bond donors (Lipinski definition) is 2. The van der Waals surface area contributed by atoms with E-state index in [1.54, 1.807) is 13.8 Å². The molecule has 2 amide bonds. The molecule has 1 aliphatic rings. The van der Waals surface area contributed by atoms with Crippen molar-refractivity contribution in [1.29, 1.82) is 0 Å². The Labute approximate surface area is 183 Å². The lowest BCUT2D eigenvalue weighted by Gasteiger charge is -2.19. The second-order valence-corrected chi connectivity index (χ2v) is 8.35. The molecule has 1 aromatic heterocycles. The summed E-state index contributed by atoms with van der Waals surface area (Å²) in [6.07, 6.45) is 0.374. The van der Waals surface area contributed by atoms with Gasteiger partial charge in [0.2, 0.25) is 23.7 Å². The summed E-state index contributed by atoms with van der Waals surface area (Å²) >= 11 is 1.25. The van der Waals surface area contributed by atoms with Crippen LogP contribution in [0, 0.1) is 5.92 Å². The van der Waals surface area contributed by atoms with E-state index in [1.165, 1.54) is 11.3 Å². The Balaban J connectivity index is 1.48. The van der Waals surface area contributed by atoms with Crippen LogP contribution in [0.4, 0.5) is 5.13 Å². The van der Waals surface area contributed by atoms with Crippen LogP contribution in [0.25, 0.3) is 10.6 Å². The summed E-state index contributed by atoms with van der Waals surface area (Å²) in [6, 6.07) is 14.3. The Kier molecular flexibility index (Phi) is 6.13. The van der Waals surface area contributed by atoms with Gasteiger partial charge in [-0.15, -0.1) is 10.2 Å². The first-order valence-electron chi connectivity index (χ1n) is 9.88. The molecule has 0 saturated heterocycles. The molecule has 8 nitrogen and oxygen atoms in total. The summed E-state index contributed by atoms with van der Waals surface area (Å²) in [5.41, 5.74) is 1.77. The second kappa shape index (κ2) is 9.13. The molecule has 0 fully saturated rings. The summed E-state index contributed by atoms with van der Waals surface area (Å²) in [5.74, 6) is 0.579. The van der Waals surface area contributed by atoms with E-state index in [9.17, 15) is 9.59 Å². The van der Waals surface area contributed by atoms with Crippen molar-refractivity contribution in [1.82, 2.24) is 15.5 Å². The van der Waals surface area contributed by atoms with Crippen molar-refractivity contribution in [3.05, 3.63) is 54.1 Å². The van der Waals surface area contributed by atoms with Gasteiger partial charge in [-0.2, -0.15) is 0 Å². The van der Waals surface area contributed by atoms with Crippen molar-refractivity contribution in [2.24, 2.45) is 5.92 Å². The molecule has 4 rings (SSSR count). The Morgan fingerprint density at radius 3 is 2.58 bits per heavy atom. The van der Waals surface area contributed by atoms with Crippen LogP contribution in [-0.2, 0) is 16.0 Å². The van der Waals surface area contributed by atoms with E-state index < -0.39 is 6.04 Å². The van der Waals surface area contributed by atoms with Crippen molar-refractivity contribution in [3.8, 4) is 22.1 Å². The van der Waals surface area contributed by atoms with Gasteiger partial charge in [-0.1, -0.05) is 55.5 Å². The first-order valence-corrected chi connectivity index (χ1v) is 10.7. The number of fused-ring (bicyclic) bond motifs is 1. The minimum Gasteiger partial charge on any atom is -0.454 e. The molecule has 1 aliphatic heterocycles. The van der Waals surface area contributed by atoms with E-state index in [-0.39, 0.29) is 24.5 Å². The number of carbonyl (C=O) groups excluding carboxylic acids is 2. The first-order chi connectivity index (χ1) is 15.0. The lowest BCUT2D eigenvalue weighted by molar-refractivity contribution is -0.128. The van der Waals surface area contributed by atoms with Crippen LogP contribution in [0.1, 0.15) is 19.4 Å². The number of anilines is 1. The van der Waals surface area contributed by atoms with Crippen molar-refractivity contribution >= 4 is 28.3 Å². The number of nitrogens with one attached hydrogen (secondary N) is 2. The van der Waals surface area contributed by atoms with Crippen molar-refractivity contribution in [2.75, 3.05) is 12.1 Å². The summed E-state index contributed by atoms with van der Waals surface area (Å²) in [5, 5.41) is 14.9. The minimum atomic E-state index is -0.727. The number of rotatable bonds is 7. The highest BCUT2D eigenvalue weighted by molar-refractivity contribution is 7.18. The number of carbonyl (C=O) groups is 2. The zero-order valence-electron chi connectivity index (χ0n) is 17.1. The molecule has 9 heteroatoms. The number of amides is 2. The number of aromatic nitrogens is 2. The lowest BCUT2D eigenvalue weighted by Crippen LogP contribution is -2.46. The van der Waals surface area contributed by atoms with Crippen LogP contribution in [0.15, 0.2) is 48.5 Å². The van der Waals surface area contributed by atoms with Crippen molar-refractivity contribution < 1.29 is 19.1 Å². The normalized spacial score (nSPS) is 13.1. The summed E-state index contributed by atoms with van der Waals surface area (Å²) in [6.45, 7) is 3.77. The highest BCUT2D eigenvalue weighted by atomic mass is 32.1. The fourth-order valence-corrected chi connectivity index (χ4v) is 3.75. The van der Waals surface area contributed by atoms with Crippen LogP contribution in [0.3, 0.4) is 0 Å². The summed E-state index contributed by atoms with van der Waals surface area (Å²) in [7, 11) is 0. The van der Waals surface area contributed by atoms with Gasteiger partial charge in [0.25, 0.3) is 0 Å². The van der Waals surface area contributed by atoms with Gasteiger partial charge in [0.15, 0.2) is 11.5 Å². The third kappa shape index (κ3) is 5.00. The molecule has 2 N–H and O–H groups in total. The lowest BCUT2D eigenvalue weighted by atomic mass is 10.0. The quantitative estimate of drug-likeness (QED) is 0.587. The van der Waals surface area contributed by atoms with Crippen LogP contribution >= 0.6 is 11.3 Å². The minimum absolute atomic E-state index is 0.186. The smallest absolute Gasteiger partial charge is 0.249 e. The van der Waals surface area contributed by atoms with E-state index in [0.29, 0.717) is 28.1 Å². The Bertz CT molecular complexity index is 1080. The molecule has 0 saturated carbocycles. The highest BCUT2D eigenvalue weighted by Gasteiger charge is 2.24. The predicted octanol–water partition coefficient (Wildman–Crippen LogP) is 3.26. The second-order valence-electron chi connectivity index (χ2n) is 7.38. The summed E-state index contributed by atoms with van der Waals surface area (Å²) in [4.78, 5) is 25.2. The number of nitrogens with zero attached hydrogens (tertiary/aromatic N) is 2. The maximum atomic E-state index is 13.0. The maximum Gasteiger partial charge on any atom is 0.249 e. The first kappa shape index (κ1) is 20.8. The van der Waals surface area contributed by atoms with Gasteiger partial charge in [-0.25, -0.2) is 0 Å². The van der Waals surface area contributed by atoms with Gasteiger partial charge in [-0.05, 0) is 23.8 Å². The molecular formula is C22H22N4O4S. The van der Waals surface area contributed by atoms with Crippen molar-refractivity contribution in [3.63, 3.8) is 0 Å². The topological polar surface area (TPSA) is 102 Å². The summed E-state index contributed by atoms with van der Waals surface area (Å²) < 4.78 is 10.7. The van der Waals surface area contributed by atoms with Gasteiger partial charge in [0, 0.05) is 17.9 Å². The Morgan fingerprint density at radius 2 is 1.81 bits per heavy atom. The predicted molar refractivity (Wildman–Crippen MR) is 117 cm³/mol. The molecule has 160 valence electrons. The fourth-order valence-electron chi connectivity index (χ4n) is 3.01. The van der Waals surface area contributed by atoms with E-state index in [2.05, 4.69) is 20.8 Å². The van der Waals surface area contributed by atoms with Crippen molar-refractivity contribution in [2.45, 2.75) is 26.3 Å². The van der Waals surface area contributed by atoms with E-state index in [4.69, 9.17) is 9.47 Å². The fraction of sp³-hybridized carbons (Fsp3) is 0.273. The monoisotopic (exact) mass is 438 g/mol. The molecule has 31 heavy (non-hydrogen) atoms. The zero-order valence-corrected chi connectivity index (χ0v) is 17.9. The van der Waals surface area contributed by atoms with Gasteiger partial charge < -0.3 is 14.8 Å². The number of benzene rings is 2. The van der Waals surface area contributed by atoms with Gasteiger partial charge in [0.05, 0.1) is 0 Å². The number of ether oxygens (including phenoxy) is 2. The van der Waals surface area contributed by atoms with Gasteiger partial charge in [0.1, 0.15) is 11.0 Å². The molecule has 0 bridgehead atoms. The highest BCUT2D eigenvalue weighted by Crippen LogP contribution is 2.37. The molecule has 1 unspecified atom stereocenters. The molecule has 3 aromatic rings. The Morgan fingerprint density at radius 1 is 1.03 bits per heavy atom. The van der Waals surface area contributed by atoms with Crippen LogP contribution in [0.2, 0.25) is 0 Å². The Hall–Kier alpha value is -3.46.